The average Bonchev–Trinajstić information content (AvgIpc) is 3.00. The molecule has 1 aromatic heterocycles. The molecule has 0 spiro atoms. The lowest BCUT2D eigenvalue weighted by molar-refractivity contribution is -0.383. The van der Waals surface area contributed by atoms with Crippen molar-refractivity contribution in [3.8, 4) is 0 Å². The Morgan fingerprint density at radius 2 is 2.14 bits per heavy atom. The van der Waals surface area contributed by atoms with Crippen molar-refractivity contribution in [2.75, 3.05) is 11.9 Å². The minimum Gasteiger partial charge on any atom is -0.452 e. The number of anilines is 1. The smallest absolute Gasteiger partial charge is 0.339 e. The topological polar surface area (TPSA) is 98.5 Å². The van der Waals surface area contributed by atoms with Crippen LogP contribution in [0.3, 0.4) is 0 Å². The summed E-state index contributed by atoms with van der Waals surface area (Å²) in [4.78, 5) is 33.5. The summed E-state index contributed by atoms with van der Waals surface area (Å²) in [6.45, 7) is -0.547. The molecule has 2 rings (SSSR count). The van der Waals surface area contributed by atoms with Gasteiger partial charge in [0.05, 0.1) is 10.5 Å². The molecule has 0 radical (unpaired) electrons. The Morgan fingerprint density at radius 3 is 2.77 bits per heavy atom. The molecule has 0 bridgehead atoms. The van der Waals surface area contributed by atoms with Gasteiger partial charge in [-0.15, -0.1) is 0 Å². The van der Waals surface area contributed by atoms with Crippen LogP contribution < -0.4 is 5.32 Å². The lowest BCUT2D eigenvalue weighted by Crippen LogP contribution is -2.21. The predicted octanol–water partition coefficient (Wildman–Crippen LogP) is 3.11. The number of benzene rings is 1. The van der Waals surface area contributed by atoms with Gasteiger partial charge in [-0.25, -0.2) is 4.79 Å². The van der Waals surface area contributed by atoms with Gasteiger partial charge in [0.15, 0.2) is 6.61 Å². The van der Waals surface area contributed by atoms with Gasteiger partial charge in [0.25, 0.3) is 11.6 Å². The van der Waals surface area contributed by atoms with E-state index in [4.69, 9.17) is 16.3 Å². The summed E-state index contributed by atoms with van der Waals surface area (Å²) in [5.74, 6) is -1.32. The number of nitro benzene ring substituents is 1. The van der Waals surface area contributed by atoms with E-state index in [1.54, 1.807) is 16.8 Å². The van der Waals surface area contributed by atoms with Gasteiger partial charge in [-0.1, -0.05) is 11.6 Å². The van der Waals surface area contributed by atoms with E-state index in [0.717, 1.165) is 6.07 Å². The summed E-state index contributed by atoms with van der Waals surface area (Å²) in [5, 5.41) is 16.7. The number of rotatable bonds is 5. The zero-order valence-corrected chi connectivity index (χ0v) is 12.5. The largest absolute Gasteiger partial charge is 0.452 e. The van der Waals surface area contributed by atoms with Gasteiger partial charge >= 0.3 is 5.97 Å². The number of nitrogens with zero attached hydrogens (tertiary/aromatic N) is 1. The second-order valence-corrected chi connectivity index (χ2v) is 5.27. The van der Waals surface area contributed by atoms with Crippen LogP contribution >= 0.6 is 22.9 Å². The summed E-state index contributed by atoms with van der Waals surface area (Å²) < 4.78 is 4.80. The Morgan fingerprint density at radius 1 is 1.36 bits per heavy atom. The molecule has 1 aromatic carbocycles. The molecule has 0 unspecified atom stereocenters. The fraction of sp³-hybridized carbons (Fsp3) is 0.0769. The Hall–Kier alpha value is -2.45. The van der Waals surface area contributed by atoms with Crippen LogP contribution in [-0.4, -0.2) is 23.4 Å². The number of thiophene rings is 1. The van der Waals surface area contributed by atoms with E-state index in [1.807, 2.05) is 0 Å². The third-order valence-corrected chi connectivity index (χ3v) is 3.44. The molecule has 0 saturated heterocycles. The van der Waals surface area contributed by atoms with E-state index >= 15 is 0 Å². The first-order chi connectivity index (χ1) is 10.5. The molecule has 0 aliphatic carbocycles. The van der Waals surface area contributed by atoms with Crippen LogP contribution in [0.2, 0.25) is 5.02 Å². The second kappa shape index (κ2) is 7.01. The molecule has 1 heterocycles. The molecule has 22 heavy (non-hydrogen) atoms. The Labute approximate surface area is 133 Å². The van der Waals surface area contributed by atoms with Crippen LogP contribution in [0.25, 0.3) is 0 Å². The van der Waals surface area contributed by atoms with Crippen molar-refractivity contribution in [3.05, 3.63) is 55.7 Å². The van der Waals surface area contributed by atoms with Gasteiger partial charge in [-0.05, 0) is 23.6 Å². The minimum absolute atomic E-state index is 0.0222. The first-order valence-corrected chi connectivity index (χ1v) is 7.22. The van der Waals surface area contributed by atoms with Crippen molar-refractivity contribution in [1.82, 2.24) is 0 Å². The first-order valence-electron chi connectivity index (χ1n) is 5.90. The molecule has 0 aliphatic rings. The van der Waals surface area contributed by atoms with Crippen LogP contribution in [-0.2, 0) is 9.53 Å². The molecule has 2 aromatic rings. The number of amides is 1. The van der Waals surface area contributed by atoms with Crippen LogP contribution in [0.1, 0.15) is 10.4 Å². The van der Waals surface area contributed by atoms with Gasteiger partial charge in [0, 0.05) is 16.5 Å². The quantitative estimate of drug-likeness (QED) is 0.512. The zero-order valence-electron chi connectivity index (χ0n) is 10.9. The monoisotopic (exact) mass is 340 g/mol. The third-order valence-electron chi connectivity index (χ3n) is 2.52. The summed E-state index contributed by atoms with van der Waals surface area (Å²) >= 11 is 6.99. The summed E-state index contributed by atoms with van der Waals surface area (Å²) in [7, 11) is 0. The molecule has 0 fully saturated rings. The van der Waals surface area contributed by atoms with Crippen molar-refractivity contribution < 1.29 is 19.2 Å². The summed E-state index contributed by atoms with van der Waals surface area (Å²) in [6, 6.07) is 5.39. The van der Waals surface area contributed by atoms with Gasteiger partial charge in [-0.2, -0.15) is 11.3 Å². The van der Waals surface area contributed by atoms with E-state index in [-0.39, 0.29) is 16.4 Å². The molecule has 0 atom stereocenters. The highest BCUT2D eigenvalue weighted by molar-refractivity contribution is 7.08. The highest BCUT2D eigenvalue weighted by Gasteiger charge is 2.17. The lowest BCUT2D eigenvalue weighted by Gasteiger charge is -2.07. The van der Waals surface area contributed by atoms with E-state index in [2.05, 4.69) is 5.32 Å². The van der Waals surface area contributed by atoms with Crippen molar-refractivity contribution in [1.29, 1.82) is 0 Å². The maximum absolute atomic E-state index is 11.7. The van der Waals surface area contributed by atoms with Crippen molar-refractivity contribution in [2.24, 2.45) is 0 Å². The number of carbonyl (C=O) groups excluding carboxylic acids is 2. The van der Waals surface area contributed by atoms with Crippen molar-refractivity contribution in [3.63, 3.8) is 0 Å². The number of hydrogen-bond donors (Lipinski definition) is 1. The van der Waals surface area contributed by atoms with Gasteiger partial charge in [-0.3, -0.25) is 14.9 Å². The number of carbonyl (C=O) groups is 2. The van der Waals surface area contributed by atoms with Gasteiger partial charge in [0.1, 0.15) is 5.69 Å². The van der Waals surface area contributed by atoms with E-state index < -0.39 is 23.4 Å². The number of halogens is 1. The van der Waals surface area contributed by atoms with E-state index in [1.165, 1.54) is 23.5 Å². The Kier molecular flexibility index (Phi) is 5.08. The molecule has 1 amide bonds. The van der Waals surface area contributed by atoms with E-state index in [0.29, 0.717) is 5.56 Å². The standard InChI is InChI=1S/C13H9ClN2O5S/c14-9-1-2-10(11(5-9)16(19)20)15-12(17)6-21-13(18)8-3-4-22-7-8/h1-5,7H,6H2,(H,15,17). The maximum Gasteiger partial charge on any atom is 0.339 e. The molecule has 114 valence electrons. The number of nitro groups is 1. The fourth-order valence-electron chi connectivity index (χ4n) is 1.54. The van der Waals surface area contributed by atoms with Gasteiger partial charge < -0.3 is 10.1 Å². The Bertz CT molecular complexity index is 717. The average molecular weight is 341 g/mol. The van der Waals surface area contributed by atoms with Crippen LogP contribution in [0.4, 0.5) is 11.4 Å². The number of hydrogen-bond acceptors (Lipinski definition) is 6. The molecular formula is C13H9ClN2O5S. The fourth-order valence-corrected chi connectivity index (χ4v) is 2.33. The van der Waals surface area contributed by atoms with Crippen molar-refractivity contribution in [2.45, 2.75) is 0 Å². The molecule has 0 aliphatic heterocycles. The zero-order chi connectivity index (χ0) is 16.1. The maximum atomic E-state index is 11.7. The predicted molar refractivity (Wildman–Crippen MR) is 81.3 cm³/mol. The van der Waals surface area contributed by atoms with Crippen LogP contribution in [0.15, 0.2) is 35.0 Å². The summed E-state index contributed by atoms with van der Waals surface area (Å²) in [6.07, 6.45) is 0. The van der Waals surface area contributed by atoms with Crippen LogP contribution in [0, 0.1) is 10.1 Å². The molecule has 9 heteroatoms. The molecule has 1 N–H and O–H groups in total. The van der Waals surface area contributed by atoms with Crippen molar-refractivity contribution >= 4 is 46.2 Å². The van der Waals surface area contributed by atoms with E-state index in [9.17, 15) is 19.7 Å². The van der Waals surface area contributed by atoms with Gasteiger partial charge in [0.2, 0.25) is 0 Å². The highest BCUT2D eigenvalue weighted by Crippen LogP contribution is 2.27. The first kappa shape index (κ1) is 15.9. The van der Waals surface area contributed by atoms with Crippen LogP contribution in [0.5, 0.6) is 0 Å². The summed E-state index contributed by atoms with van der Waals surface area (Å²) in [5.41, 5.74) is -0.0220. The number of esters is 1. The lowest BCUT2D eigenvalue weighted by atomic mass is 10.2. The SMILES string of the molecule is O=C(COC(=O)c1ccsc1)Nc1ccc(Cl)cc1[N+](=O)[O-]. The highest BCUT2D eigenvalue weighted by atomic mass is 35.5. The normalized spacial score (nSPS) is 10.0. The number of ether oxygens (including phenoxy) is 1. The second-order valence-electron chi connectivity index (χ2n) is 4.05. The number of nitrogens with one attached hydrogen (secondary N) is 1. The molecule has 0 saturated carbocycles. The Balaban J connectivity index is 1.98. The third kappa shape index (κ3) is 4.03. The molecule has 7 nitrogen and oxygen atoms in total. The minimum atomic E-state index is -0.686. The molecular weight excluding hydrogens is 332 g/mol.